The molecule has 2 heterocycles. The standard InChI is InChI=1S/C25H37F3N4O5/c1-7-16(34)31(10-13-8-9-29-20(13)35)12-15(33)18-17-14(24(17,5)6)11-32(18)21(36)19(23(2,3)4)30-22(37)25(26,27)28/h13-14,17-19H,7-12H2,1-6H3,(H,29,35)(H,30,37)/t13-,14-,17-,18+,19+/m0/s1. The van der Waals surface area contributed by atoms with Gasteiger partial charge in [0.1, 0.15) is 6.04 Å². The summed E-state index contributed by atoms with van der Waals surface area (Å²) >= 11 is 0. The number of likely N-dealkylation sites (tertiary alicyclic amines) is 1. The van der Waals surface area contributed by atoms with E-state index in [1.807, 2.05) is 19.2 Å². The zero-order valence-corrected chi connectivity index (χ0v) is 22.2. The van der Waals surface area contributed by atoms with Crippen molar-refractivity contribution >= 4 is 29.4 Å². The lowest BCUT2D eigenvalue weighted by Crippen LogP contribution is -2.60. The topological polar surface area (TPSA) is 116 Å². The average Bonchev–Trinajstić information content (AvgIpc) is 3.14. The van der Waals surface area contributed by atoms with Gasteiger partial charge in [-0.25, -0.2) is 0 Å². The number of hydrogen-bond donors (Lipinski definition) is 2. The molecule has 0 spiro atoms. The number of amides is 4. The molecule has 3 rings (SSSR count). The highest BCUT2D eigenvalue weighted by Gasteiger charge is 2.69. The molecule has 37 heavy (non-hydrogen) atoms. The second-order valence-electron chi connectivity index (χ2n) is 12.0. The molecule has 0 aromatic heterocycles. The van der Waals surface area contributed by atoms with Crippen molar-refractivity contribution in [1.82, 2.24) is 20.4 Å². The first-order chi connectivity index (χ1) is 16.9. The SMILES string of the molecule is CCC(=O)N(CC(=O)[C@@H]1[C@@H]2[C@H](CN1C(=O)[C@@H](NC(=O)C(F)(F)F)C(C)(C)C)C2(C)C)C[C@@H]1CCNC1=O. The van der Waals surface area contributed by atoms with E-state index in [-0.39, 0.29) is 55.1 Å². The van der Waals surface area contributed by atoms with Gasteiger partial charge in [0, 0.05) is 26.1 Å². The van der Waals surface area contributed by atoms with Crippen molar-refractivity contribution in [2.24, 2.45) is 28.6 Å². The number of hydrogen-bond acceptors (Lipinski definition) is 5. The second-order valence-corrected chi connectivity index (χ2v) is 12.0. The van der Waals surface area contributed by atoms with Crippen LogP contribution in [-0.4, -0.2) is 83.7 Å². The maximum atomic E-state index is 13.7. The lowest BCUT2D eigenvalue weighted by Gasteiger charge is -2.38. The molecule has 3 fully saturated rings. The third-order valence-electron chi connectivity index (χ3n) is 8.07. The molecule has 0 radical (unpaired) electrons. The van der Waals surface area contributed by atoms with Crippen molar-refractivity contribution in [1.29, 1.82) is 0 Å². The molecule has 0 unspecified atom stereocenters. The summed E-state index contributed by atoms with van der Waals surface area (Å²) in [6.07, 6.45) is -4.50. The minimum atomic E-state index is -5.16. The monoisotopic (exact) mass is 530 g/mol. The highest BCUT2D eigenvalue weighted by atomic mass is 19.4. The number of piperidine rings is 1. The molecular weight excluding hydrogens is 493 g/mol. The van der Waals surface area contributed by atoms with Gasteiger partial charge in [-0.1, -0.05) is 41.5 Å². The number of Topliss-reactive ketones (excluding diaryl/α,β-unsaturated/α-hetero) is 1. The summed E-state index contributed by atoms with van der Waals surface area (Å²) in [5.74, 6) is -4.54. The molecular formula is C25H37F3N4O5. The largest absolute Gasteiger partial charge is 0.471 e. The van der Waals surface area contributed by atoms with Gasteiger partial charge in [0.15, 0.2) is 5.78 Å². The molecule has 3 aliphatic rings. The quantitative estimate of drug-likeness (QED) is 0.494. The lowest BCUT2D eigenvalue weighted by molar-refractivity contribution is -0.176. The number of nitrogens with zero attached hydrogens (tertiary/aromatic N) is 2. The van der Waals surface area contributed by atoms with E-state index in [0.717, 1.165) is 0 Å². The molecule has 4 amide bonds. The van der Waals surface area contributed by atoms with E-state index in [2.05, 4.69) is 5.32 Å². The zero-order valence-electron chi connectivity index (χ0n) is 22.2. The van der Waals surface area contributed by atoms with E-state index in [4.69, 9.17) is 0 Å². The van der Waals surface area contributed by atoms with Crippen LogP contribution >= 0.6 is 0 Å². The number of ketones is 1. The second kappa shape index (κ2) is 9.90. The summed E-state index contributed by atoms with van der Waals surface area (Å²) in [6.45, 7) is 10.6. The number of carbonyl (C=O) groups is 5. The Kier molecular flexibility index (Phi) is 7.74. The van der Waals surface area contributed by atoms with E-state index in [1.54, 1.807) is 6.92 Å². The van der Waals surface area contributed by atoms with Gasteiger partial charge >= 0.3 is 12.1 Å². The maximum Gasteiger partial charge on any atom is 0.471 e. The summed E-state index contributed by atoms with van der Waals surface area (Å²) in [4.78, 5) is 66.4. The first kappa shape index (κ1) is 28.9. The molecule has 1 aliphatic carbocycles. The number of halogens is 3. The van der Waals surface area contributed by atoms with Crippen LogP contribution in [0, 0.1) is 28.6 Å². The first-order valence-electron chi connectivity index (χ1n) is 12.7. The first-order valence-corrected chi connectivity index (χ1v) is 12.7. The molecule has 0 bridgehead atoms. The Morgan fingerprint density at radius 3 is 2.30 bits per heavy atom. The highest BCUT2D eigenvalue weighted by Crippen LogP contribution is 2.65. The predicted octanol–water partition coefficient (Wildman–Crippen LogP) is 1.51. The lowest BCUT2D eigenvalue weighted by atomic mass is 9.85. The van der Waals surface area contributed by atoms with Crippen molar-refractivity contribution in [3.8, 4) is 0 Å². The Bertz CT molecular complexity index is 974. The molecule has 1 saturated carbocycles. The summed E-state index contributed by atoms with van der Waals surface area (Å²) in [5, 5.41) is 4.54. The molecule has 208 valence electrons. The van der Waals surface area contributed by atoms with E-state index in [9.17, 15) is 37.1 Å². The van der Waals surface area contributed by atoms with Gasteiger partial charge in [-0.05, 0) is 29.1 Å². The minimum Gasteiger partial charge on any atom is -0.356 e. The highest BCUT2D eigenvalue weighted by molar-refractivity contribution is 5.97. The molecule has 0 aromatic rings. The van der Waals surface area contributed by atoms with Crippen LogP contribution in [0.5, 0.6) is 0 Å². The summed E-state index contributed by atoms with van der Waals surface area (Å²) < 4.78 is 39.0. The van der Waals surface area contributed by atoms with Gasteiger partial charge in [0.2, 0.25) is 17.7 Å². The Labute approximate surface area is 214 Å². The Morgan fingerprint density at radius 1 is 1.19 bits per heavy atom. The van der Waals surface area contributed by atoms with Gasteiger partial charge < -0.3 is 20.4 Å². The Hall–Kier alpha value is -2.66. The third kappa shape index (κ3) is 5.77. The third-order valence-corrected chi connectivity index (χ3v) is 8.07. The summed E-state index contributed by atoms with van der Waals surface area (Å²) in [7, 11) is 0. The molecule has 5 atom stereocenters. The van der Waals surface area contributed by atoms with Crippen LogP contribution in [0.2, 0.25) is 0 Å². The zero-order chi connectivity index (χ0) is 28.1. The fourth-order valence-electron chi connectivity index (χ4n) is 5.76. The Balaban J connectivity index is 1.85. The molecule has 2 aliphatic heterocycles. The fourth-order valence-corrected chi connectivity index (χ4v) is 5.76. The van der Waals surface area contributed by atoms with Crippen LogP contribution < -0.4 is 10.6 Å². The number of fused-ring (bicyclic) bond motifs is 1. The van der Waals surface area contributed by atoms with Crippen molar-refractivity contribution in [2.75, 3.05) is 26.2 Å². The molecule has 2 saturated heterocycles. The van der Waals surface area contributed by atoms with Crippen molar-refractivity contribution in [2.45, 2.75) is 72.6 Å². The molecule has 12 heteroatoms. The summed E-state index contributed by atoms with van der Waals surface area (Å²) in [6, 6.07) is -2.45. The Morgan fingerprint density at radius 2 is 1.81 bits per heavy atom. The van der Waals surface area contributed by atoms with Gasteiger partial charge in [-0.15, -0.1) is 0 Å². The van der Waals surface area contributed by atoms with Crippen LogP contribution in [-0.2, 0) is 24.0 Å². The van der Waals surface area contributed by atoms with Crippen molar-refractivity contribution in [3.05, 3.63) is 0 Å². The molecule has 9 nitrogen and oxygen atoms in total. The fraction of sp³-hybridized carbons (Fsp3) is 0.800. The van der Waals surface area contributed by atoms with Gasteiger partial charge in [-0.2, -0.15) is 13.2 Å². The maximum absolute atomic E-state index is 13.7. The predicted molar refractivity (Wildman–Crippen MR) is 127 cm³/mol. The number of alkyl halides is 3. The number of rotatable bonds is 8. The molecule has 2 N–H and O–H groups in total. The van der Waals surface area contributed by atoms with Crippen LogP contribution in [0.4, 0.5) is 13.2 Å². The van der Waals surface area contributed by atoms with Crippen molar-refractivity contribution in [3.63, 3.8) is 0 Å². The smallest absolute Gasteiger partial charge is 0.356 e. The number of carbonyl (C=O) groups excluding carboxylic acids is 5. The summed E-state index contributed by atoms with van der Waals surface area (Å²) in [5.41, 5.74) is -1.32. The van der Waals surface area contributed by atoms with Crippen LogP contribution in [0.1, 0.15) is 54.4 Å². The normalized spacial score (nSPS) is 27.3. The molecule has 0 aromatic carbocycles. The van der Waals surface area contributed by atoms with Crippen LogP contribution in [0.3, 0.4) is 0 Å². The van der Waals surface area contributed by atoms with Crippen molar-refractivity contribution < 1.29 is 37.1 Å². The van der Waals surface area contributed by atoms with Crippen LogP contribution in [0.15, 0.2) is 0 Å². The van der Waals surface area contributed by atoms with Gasteiger partial charge in [0.05, 0.1) is 18.5 Å². The van der Waals surface area contributed by atoms with E-state index < -0.39 is 47.2 Å². The minimum absolute atomic E-state index is 0.0275. The van der Waals surface area contributed by atoms with E-state index in [1.165, 1.54) is 30.6 Å². The van der Waals surface area contributed by atoms with Gasteiger partial charge in [0.25, 0.3) is 0 Å². The van der Waals surface area contributed by atoms with Crippen LogP contribution in [0.25, 0.3) is 0 Å². The van der Waals surface area contributed by atoms with Gasteiger partial charge in [-0.3, -0.25) is 24.0 Å². The average molecular weight is 531 g/mol. The van der Waals surface area contributed by atoms with E-state index >= 15 is 0 Å². The van der Waals surface area contributed by atoms with E-state index in [0.29, 0.717) is 13.0 Å². The number of nitrogens with one attached hydrogen (secondary N) is 2.